The highest BCUT2D eigenvalue weighted by molar-refractivity contribution is 7.92. The Kier molecular flexibility index (Phi) is 3.66. The van der Waals surface area contributed by atoms with Gasteiger partial charge in [-0.1, -0.05) is 6.92 Å². The molecule has 0 saturated heterocycles. The normalized spacial score (nSPS) is 14.5. The molecule has 0 radical (unpaired) electrons. The van der Waals surface area contributed by atoms with Crippen molar-refractivity contribution in [3.63, 3.8) is 0 Å². The Labute approximate surface area is 112 Å². The number of rotatable bonds is 3. The second kappa shape index (κ2) is 5.08. The largest absolute Gasteiger partial charge is 0.489 e. The molecule has 0 aromatic heterocycles. The number of hydrogen-bond acceptors (Lipinski definition) is 4. The first-order chi connectivity index (χ1) is 8.91. The standard InChI is InChI=1S/C12H16N2O4S/c1-3-12(15)13-9-4-5-10-11(8-9)18-7-6-14(10)19(2,16)17/h4-5,8H,3,6-7H2,1-2H3,(H,13,15). The average molecular weight is 284 g/mol. The molecule has 1 heterocycles. The molecule has 1 aromatic rings. The second-order valence-corrected chi connectivity index (χ2v) is 6.17. The summed E-state index contributed by atoms with van der Waals surface area (Å²) in [5.41, 5.74) is 1.10. The quantitative estimate of drug-likeness (QED) is 0.904. The maximum Gasteiger partial charge on any atom is 0.232 e. The molecule has 1 N–H and O–H groups in total. The van der Waals surface area contributed by atoms with Crippen LogP contribution in [0.25, 0.3) is 0 Å². The zero-order valence-electron chi connectivity index (χ0n) is 10.8. The van der Waals surface area contributed by atoms with Crippen molar-refractivity contribution in [2.75, 3.05) is 29.0 Å². The van der Waals surface area contributed by atoms with E-state index in [9.17, 15) is 13.2 Å². The zero-order chi connectivity index (χ0) is 14.0. The molecule has 0 saturated carbocycles. The fourth-order valence-corrected chi connectivity index (χ4v) is 2.78. The molecule has 1 aliphatic rings. The van der Waals surface area contributed by atoms with E-state index in [1.54, 1.807) is 25.1 Å². The zero-order valence-corrected chi connectivity index (χ0v) is 11.7. The molecule has 1 aliphatic heterocycles. The number of nitrogens with zero attached hydrogens (tertiary/aromatic N) is 1. The smallest absolute Gasteiger partial charge is 0.232 e. The first-order valence-corrected chi connectivity index (χ1v) is 7.81. The van der Waals surface area contributed by atoms with Crippen molar-refractivity contribution in [2.45, 2.75) is 13.3 Å². The van der Waals surface area contributed by atoms with Gasteiger partial charge in [-0.3, -0.25) is 9.10 Å². The van der Waals surface area contributed by atoms with Crippen LogP contribution in [-0.2, 0) is 14.8 Å². The van der Waals surface area contributed by atoms with Crippen LogP contribution in [0.15, 0.2) is 18.2 Å². The maximum absolute atomic E-state index is 11.7. The van der Waals surface area contributed by atoms with Crippen LogP contribution < -0.4 is 14.4 Å². The van der Waals surface area contributed by atoms with Crippen molar-refractivity contribution in [1.82, 2.24) is 0 Å². The highest BCUT2D eigenvalue weighted by Crippen LogP contribution is 2.35. The van der Waals surface area contributed by atoms with Crippen LogP contribution in [-0.4, -0.2) is 33.7 Å². The number of anilines is 2. The molecule has 0 spiro atoms. The summed E-state index contributed by atoms with van der Waals surface area (Å²) < 4.78 is 30.1. The van der Waals surface area contributed by atoms with Gasteiger partial charge in [0.15, 0.2) is 0 Å². The van der Waals surface area contributed by atoms with Crippen molar-refractivity contribution in [3.8, 4) is 5.75 Å². The Morgan fingerprint density at radius 1 is 1.47 bits per heavy atom. The minimum Gasteiger partial charge on any atom is -0.489 e. The summed E-state index contributed by atoms with van der Waals surface area (Å²) in [6.07, 6.45) is 1.54. The molecule has 7 heteroatoms. The summed E-state index contributed by atoms with van der Waals surface area (Å²) in [5.74, 6) is 0.362. The third-order valence-electron chi connectivity index (χ3n) is 2.79. The van der Waals surface area contributed by atoms with Gasteiger partial charge in [-0.25, -0.2) is 8.42 Å². The highest BCUT2D eigenvalue weighted by atomic mass is 32.2. The molecule has 104 valence electrons. The lowest BCUT2D eigenvalue weighted by Gasteiger charge is -2.29. The molecule has 0 aliphatic carbocycles. The van der Waals surface area contributed by atoms with Crippen LogP contribution in [0.4, 0.5) is 11.4 Å². The Bertz CT molecular complexity index is 598. The molecule has 0 fully saturated rings. The van der Waals surface area contributed by atoms with Crippen LogP contribution in [0.2, 0.25) is 0 Å². The number of ether oxygens (including phenoxy) is 1. The van der Waals surface area contributed by atoms with Crippen LogP contribution in [0.1, 0.15) is 13.3 Å². The number of carbonyl (C=O) groups excluding carboxylic acids is 1. The molecule has 1 aromatic carbocycles. The molecule has 19 heavy (non-hydrogen) atoms. The minimum atomic E-state index is -3.31. The number of fused-ring (bicyclic) bond motifs is 1. The molecule has 2 rings (SSSR count). The predicted molar refractivity (Wildman–Crippen MR) is 73.0 cm³/mol. The van der Waals surface area contributed by atoms with E-state index in [-0.39, 0.29) is 5.91 Å². The molecule has 0 unspecified atom stereocenters. The van der Waals surface area contributed by atoms with Gasteiger partial charge >= 0.3 is 0 Å². The van der Waals surface area contributed by atoms with E-state index in [2.05, 4.69) is 5.32 Å². The van der Waals surface area contributed by atoms with E-state index in [0.29, 0.717) is 36.7 Å². The number of carbonyl (C=O) groups is 1. The van der Waals surface area contributed by atoms with Crippen LogP contribution >= 0.6 is 0 Å². The summed E-state index contributed by atoms with van der Waals surface area (Å²) >= 11 is 0. The van der Waals surface area contributed by atoms with Crippen LogP contribution in [0, 0.1) is 0 Å². The fraction of sp³-hybridized carbons (Fsp3) is 0.417. The second-order valence-electron chi connectivity index (χ2n) is 4.27. The van der Waals surface area contributed by atoms with Crippen molar-refractivity contribution in [2.24, 2.45) is 0 Å². The van der Waals surface area contributed by atoms with Gasteiger partial charge in [0.2, 0.25) is 15.9 Å². The number of amides is 1. The van der Waals surface area contributed by atoms with Gasteiger partial charge in [0.1, 0.15) is 12.4 Å². The Hall–Kier alpha value is -1.76. The summed E-state index contributed by atoms with van der Waals surface area (Å²) in [7, 11) is -3.31. The van der Waals surface area contributed by atoms with Crippen molar-refractivity contribution >= 4 is 27.3 Å². The first-order valence-electron chi connectivity index (χ1n) is 5.96. The summed E-state index contributed by atoms with van der Waals surface area (Å²) in [5, 5.41) is 2.71. The van der Waals surface area contributed by atoms with E-state index in [1.165, 1.54) is 4.31 Å². The monoisotopic (exact) mass is 284 g/mol. The Morgan fingerprint density at radius 3 is 2.84 bits per heavy atom. The number of sulfonamides is 1. The van der Waals surface area contributed by atoms with Gasteiger partial charge in [0, 0.05) is 18.2 Å². The average Bonchev–Trinajstić information content (AvgIpc) is 2.36. The van der Waals surface area contributed by atoms with Crippen LogP contribution in [0.5, 0.6) is 5.75 Å². The molecule has 6 nitrogen and oxygen atoms in total. The van der Waals surface area contributed by atoms with Crippen molar-refractivity contribution in [3.05, 3.63) is 18.2 Å². The highest BCUT2D eigenvalue weighted by Gasteiger charge is 2.25. The summed E-state index contributed by atoms with van der Waals surface area (Å²) in [6.45, 7) is 2.35. The van der Waals surface area contributed by atoms with Gasteiger partial charge in [0.25, 0.3) is 0 Å². The van der Waals surface area contributed by atoms with Gasteiger partial charge in [-0.05, 0) is 12.1 Å². The Balaban J connectivity index is 2.33. The SMILES string of the molecule is CCC(=O)Nc1ccc2c(c1)OCCN2S(C)(=O)=O. The molecular weight excluding hydrogens is 268 g/mol. The number of benzene rings is 1. The molecule has 0 atom stereocenters. The minimum absolute atomic E-state index is 0.101. The fourth-order valence-electron chi connectivity index (χ4n) is 1.87. The van der Waals surface area contributed by atoms with E-state index in [1.807, 2.05) is 0 Å². The summed E-state index contributed by atoms with van der Waals surface area (Å²) in [6, 6.07) is 4.94. The van der Waals surface area contributed by atoms with E-state index in [0.717, 1.165) is 6.26 Å². The van der Waals surface area contributed by atoms with E-state index < -0.39 is 10.0 Å². The topological polar surface area (TPSA) is 75.7 Å². The van der Waals surface area contributed by atoms with Gasteiger partial charge in [-0.15, -0.1) is 0 Å². The van der Waals surface area contributed by atoms with E-state index >= 15 is 0 Å². The van der Waals surface area contributed by atoms with Crippen molar-refractivity contribution in [1.29, 1.82) is 0 Å². The van der Waals surface area contributed by atoms with Gasteiger partial charge in [0.05, 0.1) is 18.5 Å². The third kappa shape index (κ3) is 2.98. The Morgan fingerprint density at radius 2 is 2.21 bits per heavy atom. The van der Waals surface area contributed by atoms with Crippen LogP contribution in [0.3, 0.4) is 0 Å². The number of nitrogens with one attached hydrogen (secondary N) is 1. The van der Waals surface area contributed by atoms with Crippen molar-refractivity contribution < 1.29 is 17.9 Å². The number of hydrogen-bond donors (Lipinski definition) is 1. The van der Waals surface area contributed by atoms with Gasteiger partial charge < -0.3 is 10.1 Å². The first kappa shape index (κ1) is 13.7. The summed E-state index contributed by atoms with van der Waals surface area (Å²) in [4.78, 5) is 11.3. The molecular formula is C12H16N2O4S. The molecule has 0 bridgehead atoms. The maximum atomic E-state index is 11.7. The lowest BCUT2D eigenvalue weighted by atomic mass is 10.2. The van der Waals surface area contributed by atoms with E-state index in [4.69, 9.17) is 4.74 Å². The molecule has 1 amide bonds. The van der Waals surface area contributed by atoms with Gasteiger partial charge in [-0.2, -0.15) is 0 Å². The lowest BCUT2D eigenvalue weighted by molar-refractivity contribution is -0.115. The lowest BCUT2D eigenvalue weighted by Crippen LogP contribution is -2.37. The predicted octanol–water partition coefficient (Wildman–Crippen LogP) is 1.19. The third-order valence-corrected chi connectivity index (χ3v) is 3.97.